The summed E-state index contributed by atoms with van der Waals surface area (Å²) < 4.78 is 9.90. The molecule has 2 aromatic rings. The topological polar surface area (TPSA) is 72.8 Å². The largest absolute Gasteiger partial charge is 0.507 e. The number of hydrogen-bond acceptors (Lipinski definition) is 5. The molecule has 0 aliphatic heterocycles. The zero-order valence-electron chi connectivity index (χ0n) is 11.4. The van der Waals surface area contributed by atoms with E-state index in [2.05, 4.69) is 0 Å². The molecule has 21 heavy (non-hydrogen) atoms. The number of carbonyl (C=O) groups is 2. The van der Waals surface area contributed by atoms with E-state index in [1.807, 2.05) is 0 Å². The Bertz CT molecular complexity index is 646. The van der Waals surface area contributed by atoms with Crippen molar-refractivity contribution >= 4 is 11.8 Å². The van der Waals surface area contributed by atoms with Gasteiger partial charge in [-0.2, -0.15) is 0 Å². The van der Waals surface area contributed by atoms with E-state index >= 15 is 0 Å². The van der Waals surface area contributed by atoms with Crippen molar-refractivity contribution in [1.29, 1.82) is 0 Å². The van der Waals surface area contributed by atoms with Crippen molar-refractivity contribution in [2.45, 2.75) is 0 Å². The molecule has 2 aromatic carbocycles. The lowest BCUT2D eigenvalue weighted by atomic mass is 10.1. The first-order valence-electron chi connectivity index (χ1n) is 6.24. The standard InChI is InChI=1S/C16H14O5/c1-20-12-8-6-11(7-9-12)15(18)10-21-16(19)13-4-2-3-5-14(13)17/h2-9,17H,10H2,1H3. The van der Waals surface area contributed by atoms with E-state index in [4.69, 9.17) is 9.47 Å². The number of methoxy groups -OCH3 is 1. The number of carbonyl (C=O) groups excluding carboxylic acids is 2. The summed E-state index contributed by atoms with van der Waals surface area (Å²) in [6.45, 7) is -0.389. The van der Waals surface area contributed by atoms with Gasteiger partial charge in [-0.1, -0.05) is 12.1 Å². The Hall–Kier alpha value is -2.82. The highest BCUT2D eigenvalue weighted by molar-refractivity contribution is 5.99. The summed E-state index contributed by atoms with van der Waals surface area (Å²) in [5.74, 6) is -0.617. The summed E-state index contributed by atoms with van der Waals surface area (Å²) in [5.41, 5.74) is 0.445. The molecule has 0 fully saturated rings. The zero-order valence-corrected chi connectivity index (χ0v) is 11.4. The molecule has 0 amide bonds. The van der Waals surface area contributed by atoms with Crippen molar-refractivity contribution in [1.82, 2.24) is 0 Å². The molecular formula is C16H14O5. The van der Waals surface area contributed by atoms with Gasteiger partial charge in [0.05, 0.1) is 7.11 Å². The van der Waals surface area contributed by atoms with Crippen molar-refractivity contribution in [3.8, 4) is 11.5 Å². The Morgan fingerprint density at radius 3 is 2.33 bits per heavy atom. The van der Waals surface area contributed by atoms with E-state index < -0.39 is 5.97 Å². The fourth-order valence-corrected chi connectivity index (χ4v) is 1.72. The van der Waals surface area contributed by atoms with Gasteiger partial charge in [-0.05, 0) is 36.4 Å². The first kappa shape index (κ1) is 14.6. The number of phenols is 1. The lowest BCUT2D eigenvalue weighted by Crippen LogP contribution is -2.14. The molecule has 108 valence electrons. The number of phenolic OH excluding ortho intramolecular Hbond substituents is 1. The van der Waals surface area contributed by atoms with Gasteiger partial charge in [0.25, 0.3) is 0 Å². The minimum atomic E-state index is -0.741. The predicted molar refractivity (Wildman–Crippen MR) is 75.7 cm³/mol. The van der Waals surface area contributed by atoms with Gasteiger partial charge in [-0.3, -0.25) is 4.79 Å². The zero-order chi connectivity index (χ0) is 15.2. The minimum Gasteiger partial charge on any atom is -0.507 e. The van der Waals surface area contributed by atoms with Crippen LogP contribution < -0.4 is 4.74 Å². The van der Waals surface area contributed by atoms with Crippen LogP contribution in [0.5, 0.6) is 11.5 Å². The molecule has 0 unspecified atom stereocenters. The second-order valence-corrected chi connectivity index (χ2v) is 4.24. The van der Waals surface area contributed by atoms with E-state index in [9.17, 15) is 14.7 Å². The van der Waals surface area contributed by atoms with Crippen LogP contribution in [0, 0.1) is 0 Å². The molecular weight excluding hydrogens is 272 g/mol. The van der Waals surface area contributed by atoms with Gasteiger partial charge in [0.1, 0.15) is 17.1 Å². The van der Waals surface area contributed by atoms with Crippen LogP contribution in [-0.2, 0) is 4.74 Å². The summed E-state index contributed by atoms with van der Waals surface area (Å²) in [7, 11) is 1.53. The van der Waals surface area contributed by atoms with E-state index in [0.717, 1.165) is 0 Å². The molecule has 0 saturated heterocycles. The monoisotopic (exact) mass is 286 g/mol. The predicted octanol–water partition coefficient (Wildman–Crippen LogP) is 2.44. The van der Waals surface area contributed by atoms with Crippen molar-refractivity contribution < 1.29 is 24.2 Å². The van der Waals surface area contributed by atoms with E-state index in [-0.39, 0.29) is 23.7 Å². The normalized spacial score (nSPS) is 9.95. The van der Waals surface area contributed by atoms with Crippen LogP contribution in [0.2, 0.25) is 0 Å². The summed E-state index contributed by atoms with van der Waals surface area (Å²) >= 11 is 0. The lowest BCUT2D eigenvalue weighted by Gasteiger charge is -2.06. The Balaban J connectivity index is 1.97. The number of rotatable bonds is 5. The summed E-state index contributed by atoms with van der Waals surface area (Å²) in [5, 5.41) is 9.52. The van der Waals surface area contributed by atoms with Crippen LogP contribution >= 0.6 is 0 Å². The Labute approximate surface area is 121 Å². The van der Waals surface area contributed by atoms with Gasteiger partial charge in [0.2, 0.25) is 0 Å². The number of aromatic hydroxyl groups is 1. The van der Waals surface area contributed by atoms with Gasteiger partial charge in [-0.25, -0.2) is 4.79 Å². The van der Waals surface area contributed by atoms with Gasteiger partial charge >= 0.3 is 5.97 Å². The Morgan fingerprint density at radius 1 is 1.05 bits per heavy atom. The quantitative estimate of drug-likeness (QED) is 0.675. The lowest BCUT2D eigenvalue weighted by molar-refractivity contribution is 0.0472. The van der Waals surface area contributed by atoms with Crippen LogP contribution in [0.3, 0.4) is 0 Å². The van der Waals surface area contributed by atoms with Gasteiger partial charge in [-0.15, -0.1) is 0 Å². The fraction of sp³-hybridized carbons (Fsp3) is 0.125. The van der Waals surface area contributed by atoms with Gasteiger partial charge in [0.15, 0.2) is 12.4 Å². The highest BCUT2D eigenvalue weighted by Crippen LogP contribution is 2.17. The highest BCUT2D eigenvalue weighted by Gasteiger charge is 2.14. The molecule has 0 aliphatic rings. The smallest absolute Gasteiger partial charge is 0.342 e. The van der Waals surface area contributed by atoms with E-state index in [0.29, 0.717) is 11.3 Å². The molecule has 0 radical (unpaired) electrons. The first-order chi connectivity index (χ1) is 10.1. The molecule has 5 nitrogen and oxygen atoms in total. The van der Waals surface area contributed by atoms with Crippen LogP contribution in [0.15, 0.2) is 48.5 Å². The molecule has 0 heterocycles. The van der Waals surface area contributed by atoms with Gasteiger partial charge < -0.3 is 14.6 Å². The third-order valence-corrected chi connectivity index (χ3v) is 2.87. The third kappa shape index (κ3) is 3.60. The molecule has 0 saturated carbocycles. The Morgan fingerprint density at radius 2 is 1.71 bits per heavy atom. The van der Waals surface area contributed by atoms with Crippen LogP contribution in [0.25, 0.3) is 0 Å². The van der Waals surface area contributed by atoms with Crippen molar-refractivity contribution in [2.24, 2.45) is 0 Å². The SMILES string of the molecule is COc1ccc(C(=O)COC(=O)c2ccccc2O)cc1. The van der Waals surface area contributed by atoms with E-state index in [1.165, 1.54) is 19.2 Å². The number of Topliss-reactive ketones (excluding diaryl/α,β-unsaturated/α-hetero) is 1. The average Bonchev–Trinajstić information content (AvgIpc) is 2.52. The second kappa shape index (κ2) is 6.56. The molecule has 1 N–H and O–H groups in total. The molecule has 0 aliphatic carbocycles. The number of para-hydroxylation sites is 1. The van der Waals surface area contributed by atoms with Crippen LogP contribution in [0.1, 0.15) is 20.7 Å². The maximum Gasteiger partial charge on any atom is 0.342 e. The maximum absolute atomic E-state index is 11.9. The highest BCUT2D eigenvalue weighted by atomic mass is 16.5. The Kier molecular flexibility index (Phi) is 4.56. The summed E-state index contributed by atoms with van der Waals surface area (Å²) in [4.78, 5) is 23.6. The number of hydrogen-bond donors (Lipinski definition) is 1. The van der Waals surface area contributed by atoms with Crippen molar-refractivity contribution in [3.63, 3.8) is 0 Å². The molecule has 0 aromatic heterocycles. The molecule has 2 rings (SSSR count). The summed E-state index contributed by atoms with van der Waals surface area (Å²) in [6.07, 6.45) is 0. The number of ketones is 1. The second-order valence-electron chi connectivity index (χ2n) is 4.24. The maximum atomic E-state index is 11.9. The molecule has 5 heteroatoms. The number of ether oxygens (including phenoxy) is 2. The number of esters is 1. The van der Waals surface area contributed by atoms with Crippen molar-refractivity contribution in [3.05, 3.63) is 59.7 Å². The summed E-state index contributed by atoms with van der Waals surface area (Å²) in [6, 6.07) is 12.5. The molecule has 0 atom stereocenters. The fourth-order valence-electron chi connectivity index (χ4n) is 1.72. The first-order valence-corrected chi connectivity index (χ1v) is 6.24. The van der Waals surface area contributed by atoms with Gasteiger partial charge in [0, 0.05) is 5.56 Å². The minimum absolute atomic E-state index is 0.0278. The average molecular weight is 286 g/mol. The number of benzene rings is 2. The van der Waals surface area contributed by atoms with Crippen LogP contribution in [0.4, 0.5) is 0 Å². The van der Waals surface area contributed by atoms with Crippen LogP contribution in [-0.4, -0.2) is 30.6 Å². The van der Waals surface area contributed by atoms with Crippen molar-refractivity contribution in [2.75, 3.05) is 13.7 Å². The van der Waals surface area contributed by atoms with E-state index in [1.54, 1.807) is 36.4 Å². The third-order valence-electron chi connectivity index (χ3n) is 2.87. The molecule has 0 spiro atoms. The molecule has 0 bridgehead atoms.